The predicted molar refractivity (Wildman–Crippen MR) is 266 cm³/mol. The number of hydrogen-bond donors (Lipinski definition) is 0. The monoisotopic (exact) mass is 875 g/mol. The molecule has 0 heterocycles. The van der Waals surface area contributed by atoms with Crippen molar-refractivity contribution in [3.05, 3.63) is 12.2 Å². The van der Waals surface area contributed by atoms with Crippen molar-refractivity contribution in [2.24, 2.45) is 0 Å². The SMILES string of the molecule is CCC/C=C\CCCCCCCC(=O)OCC(COC(=O)CCCCCCCCCCCCCCCCCCCCC)OC(=O)CCCCCCCCCCCCCCCCC. The van der Waals surface area contributed by atoms with Crippen molar-refractivity contribution in [1.29, 1.82) is 0 Å². The van der Waals surface area contributed by atoms with E-state index in [4.69, 9.17) is 14.2 Å². The van der Waals surface area contributed by atoms with Gasteiger partial charge in [-0.1, -0.05) is 264 Å². The first-order valence-corrected chi connectivity index (χ1v) is 27.7. The average molecular weight is 875 g/mol. The number of rotatable bonds is 51. The van der Waals surface area contributed by atoms with Crippen LogP contribution in [-0.2, 0) is 28.6 Å². The fourth-order valence-electron chi connectivity index (χ4n) is 8.33. The van der Waals surface area contributed by atoms with Crippen LogP contribution in [0.3, 0.4) is 0 Å². The van der Waals surface area contributed by atoms with Crippen LogP contribution in [0.2, 0.25) is 0 Å². The maximum absolute atomic E-state index is 12.8. The normalized spacial score (nSPS) is 12.0. The summed E-state index contributed by atoms with van der Waals surface area (Å²) in [5.41, 5.74) is 0. The Bertz CT molecular complexity index is 962. The van der Waals surface area contributed by atoms with Gasteiger partial charge in [0.15, 0.2) is 6.10 Å². The summed E-state index contributed by atoms with van der Waals surface area (Å²) in [6.45, 7) is 6.62. The summed E-state index contributed by atoms with van der Waals surface area (Å²) in [6.07, 6.45) is 57.8. The first-order valence-electron chi connectivity index (χ1n) is 27.7. The number of ether oxygens (including phenoxy) is 3. The Morgan fingerprint density at radius 1 is 0.306 bits per heavy atom. The van der Waals surface area contributed by atoms with Gasteiger partial charge in [0, 0.05) is 19.3 Å². The van der Waals surface area contributed by atoms with E-state index in [1.54, 1.807) is 0 Å². The number of allylic oxidation sites excluding steroid dienone is 2. The molecule has 6 heteroatoms. The Hall–Kier alpha value is -1.85. The van der Waals surface area contributed by atoms with Gasteiger partial charge in [0.1, 0.15) is 13.2 Å². The van der Waals surface area contributed by atoms with Crippen molar-refractivity contribution in [2.75, 3.05) is 13.2 Å². The molecule has 0 saturated carbocycles. The topological polar surface area (TPSA) is 78.9 Å². The van der Waals surface area contributed by atoms with E-state index in [1.165, 1.54) is 199 Å². The molecule has 0 bridgehead atoms. The van der Waals surface area contributed by atoms with Crippen molar-refractivity contribution < 1.29 is 28.6 Å². The van der Waals surface area contributed by atoms with E-state index in [-0.39, 0.29) is 31.1 Å². The standard InChI is InChI=1S/C56H106O6/c1-4-7-10-13-16-19-22-24-26-27-28-29-31-32-34-37-40-43-46-49-55(58)61-52-53(51-60-54(57)48-45-42-39-36-21-18-15-12-9-6-3)62-56(59)50-47-44-41-38-35-33-30-25-23-20-17-14-11-8-5-2/h12,15,53H,4-11,13-14,16-52H2,1-3H3/b15-12-. The molecule has 0 aliphatic rings. The van der Waals surface area contributed by atoms with Crippen molar-refractivity contribution >= 4 is 17.9 Å². The molecule has 366 valence electrons. The summed E-state index contributed by atoms with van der Waals surface area (Å²) in [6, 6.07) is 0. The lowest BCUT2D eigenvalue weighted by molar-refractivity contribution is -0.167. The molecule has 0 spiro atoms. The highest BCUT2D eigenvalue weighted by molar-refractivity contribution is 5.71. The molecule has 0 aromatic rings. The second-order valence-electron chi connectivity index (χ2n) is 18.9. The molecule has 0 aromatic carbocycles. The molecule has 0 N–H and O–H groups in total. The van der Waals surface area contributed by atoms with Crippen LogP contribution in [0.5, 0.6) is 0 Å². The Kier molecular flexibility index (Phi) is 50.2. The van der Waals surface area contributed by atoms with Crippen LogP contribution >= 0.6 is 0 Å². The molecule has 0 aromatic heterocycles. The van der Waals surface area contributed by atoms with Gasteiger partial charge in [-0.15, -0.1) is 0 Å². The molecule has 1 unspecified atom stereocenters. The van der Waals surface area contributed by atoms with Crippen LogP contribution in [0, 0.1) is 0 Å². The fourth-order valence-corrected chi connectivity index (χ4v) is 8.33. The van der Waals surface area contributed by atoms with E-state index in [1.807, 2.05) is 0 Å². The maximum Gasteiger partial charge on any atom is 0.306 e. The van der Waals surface area contributed by atoms with E-state index in [0.29, 0.717) is 19.3 Å². The highest BCUT2D eigenvalue weighted by Crippen LogP contribution is 2.17. The van der Waals surface area contributed by atoms with Crippen molar-refractivity contribution in [1.82, 2.24) is 0 Å². The summed E-state index contributed by atoms with van der Waals surface area (Å²) in [7, 11) is 0. The zero-order valence-corrected chi connectivity index (χ0v) is 41.9. The minimum absolute atomic E-state index is 0.0669. The van der Waals surface area contributed by atoms with Crippen LogP contribution in [0.1, 0.15) is 310 Å². The van der Waals surface area contributed by atoms with Gasteiger partial charge in [-0.25, -0.2) is 0 Å². The first-order chi connectivity index (χ1) is 30.5. The molecule has 0 fully saturated rings. The van der Waals surface area contributed by atoms with Gasteiger partial charge in [-0.2, -0.15) is 0 Å². The van der Waals surface area contributed by atoms with Crippen molar-refractivity contribution in [3.63, 3.8) is 0 Å². The molecule has 0 aliphatic heterocycles. The number of esters is 3. The highest BCUT2D eigenvalue weighted by atomic mass is 16.6. The summed E-state index contributed by atoms with van der Waals surface area (Å²) >= 11 is 0. The molecule has 0 saturated heterocycles. The Morgan fingerprint density at radius 2 is 0.565 bits per heavy atom. The Labute approximate surface area is 386 Å². The van der Waals surface area contributed by atoms with E-state index in [2.05, 4.69) is 32.9 Å². The molecular formula is C56H106O6. The van der Waals surface area contributed by atoms with E-state index in [9.17, 15) is 14.4 Å². The number of hydrogen-bond acceptors (Lipinski definition) is 6. The third-order valence-corrected chi connectivity index (χ3v) is 12.5. The van der Waals surface area contributed by atoms with Crippen LogP contribution in [0.4, 0.5) is 0 Å². The van der Waals surface area contributed by atoms with Gasteiger partial charge in [0.2, 0.25) is 0 Å². The van der Waals surface area contributed by atoms with E-state index >= 15 is 0 Å². The molecule has 6 nitrogen and oxygen atoms in total. The Balaban J connectivity index is 4.24. The predicted octanol–water partition coefficient (Wildman–Crippen LogP) is 18.2. The molecule has 1 atom stereocenters. The van der Waals surface area contributed by atoms with Crippen LogP contribution in [0.15, 0.2) is 12.2 Å². The largest absolute Gasteiger partial charge is 0.462 e. The lowest BCUT2D eigenvalue weighted by Crippen LogP contribution is -2.30. The summed E-state index contributed by atoms with van der Waals surface area (Å²) < 4.78 is 16.8. The minimum Gasteiger partial charge on any atom is -0.462 e. The third kappa shape index (κ3) is 49.2. The van der Waals surface area contributed by atoms with E-state index in [0.717, 1.165) is 70.6 Å². The zero-order chi connectivity index (χ0) is 45.1. The van der Waals surface area contributed by atoms with Crippen LogP contribution < -0.4 is 0 Å². The summed E-state index contributed by atoms with van der Waals surface area (Å²) in [5.74, 6) is -0.857. The minimum atomic E-state index is -0.766. The quantitative estimate of drug-likeness (QED) is 0.0262. The van der Waals surface area contributed by atoms with Crippen LogP contribution in [-0.4, -0.2) is 37.2 Å². The molecular weight excluding hydrogens is 769 g/mol. The van der Waals surface area contributed by atoms with Crippen molar-refractivity contribution in [2.45, 2.75) is 316 Å². The van der Waals surface area contributed by atoms with Gasteiger partial charge in [-0.3, -0.25) is 14.4 Å². The molecule has 0 rings (SSSR count). The zero-order valence-electron chi connectivity index (χ0n) is 41.9. The lowest BCUT2D eigenvalue weighted by atomic mass is 10.0. The average Bonchev–Trinajstić information content (AvgIpc) is 3.27. The van der Waals surface area contributed by atoms with E-state index < -0.39 is 6.10 Å². The highest BCUT2D eigenvalue weighted by Gasteiger charge is 2.19. The Morgan fingerprint density at radius 3 is 0.871 bits per heavy atom. The summed E-state index contributed by atoms with van der Waals surface area (Å²) in [5, 5.41) is 0. The molecule has 0 radical (unpaired) electrons. The molecule has 62 heavy (non-hydrogen) atoms. The lowest BCUT2D eigenvalue weighted by Gasteiger charge is -2.18. The second-order valence-corrected chi connectivity index (χ2v) is 18.9. The second kappa shape index (κ2) is 51.8. The fraction of sp³-hybridized carbons (Fsp3) is 0.911. The maximum atomic E-state index is 12.8. The smallest absolute Gasteiger partial charge is 0.306 e. The van der Waals surface area contributed by atoms with Gasteiger partial charge in [0.25, 0.3) is 0 Å². The van der Waals surface area contributed by atoms with Gasteiger partial charge >= 0.3 is 17.9 Å². The van der Waals surface area contributed by atoms with Crippen LogP contribution in [0.25, 0.3) is 0 Å². The number of carbonyl (C=O) groups is 3. The molecule has 0 aliphatic carbocycles. The van der Waals surface area contributed by atoms with Gasteiger partial charge in [0.05, 0.1) is 0 Å². The summed E-state index contributed by atoms with van der Waals surface area (Å²) in [4.78, 5) is 38.0. The number of unbranched alkanes of at least 4 members (excludes halogenated alkanes) is 38. The van der Waals surface area contributed by atoms with Gasteiger partial charge < -0.3 is 14.2 Å². The van der Waals surface area contributed by atoms with Gasteiger partial charge in [-0.05, 0) is 38.5 Å². The number of carbonyl (C=O) groups excluding carboxylic acids is 3. The third-order valence-electron chi connectivity index (χ3n) is 12.5. The van der Waals surface area contributed by atoms with Crippen molar-refractivity contribution in [3.8, 4) is 0 Å². The first kappa shape index (κ1) is 60.2. The molecule has 0 amide bonds.